The lowest BCUT2D eigenvalue weighted by molar-refractivity contribution is -0.00124. The predicted octanol–water partition coefficient (Wildman–Crippen LogP) is 2.66. The van der Waals surface area contributed by atoms with Crippen molar-refractivity contribution >= 4 is 11.6 Å². The molecule has 0 aliphatic rings. The summed E-state index contributed by atoms with van der Waals surface area (Å²) in [6.45, 7) is 13.1. The van der Waals surface area contributed by atoms with Crippen LogP contribution in [0, 0.1) is 5.41 Å². The van der Waals surface area contributed by atoms with Crippen LogP contribution in [-0.4, -0.2) is 31.2 Å². The van der Waals surface area contributed by atoms with E-state index in [4.69, 9.17) is 16.3 Å². The van der Waals surface area contributed by atoms with Gasteiger partial charge in [0.15, 0.2) is 0 Å². The minimum absolute atomic E-state index is 0.0380. The number of ether oxygens (including phenoxy) is 1. The van der Waals surface area contributed by atoms with Crippen LogP contribution in [0.1, 0.15) is 34.6 Å². The lowest BCUT2D eigenvalue weighted by Crippen LogP contribution is -2.34. The van der Waals surface area contributed by atoms with E-state index in [2.05, 4.69) is 39.9 Å². The maximum atomic E-state index is 5.81. The average Bonchev–Trinajstić information content (AvgIpc) is 2.01. The fourth-order valence-corrected chi connectivity index (χ4v) is 0.998. The van der Waals surface area contributed by atoms with Crippen LogP contribution in [0.25, 0.3) is 0 Å². The Morgan fingerprint density at radius 1 is 1.14 bits per heavy atom. The van der Waals surface area contributed by atoms with Gasteiger partial charge in [0.25, 0.3) is 0 Å². The summed E-state index contributed by atoms with van der Waals surface area (Å²) in [4.78, 5) is 0. The summed E-state index contributed by atoms with van der Waals surface area (Å²) in [5.74, 6) is 0.681. The Kier molecular flexibility index (Phi) is 6.03. The molecular formula is C11H24ClNO. The summed E-state index contributed by atoms with van der Waals surface area (Å²) in [7, 11) is 0. The van der Waals surface area contributed by atoms with Crippen LogP contribution in [0.5, 0.6) is 0 Å². The van der Waals surface area contributed by atoms with E-state index in [0.29, 0.717) is 5.88 Å². The largest absolute Gasteiger partial charge is 0.375 e. The maximum absolute atomic E-state index is 5.81. The highest BCUT2D eigenvalue weighted by Gasteiger charge is 2.15. The molecule has 0 aliphatic carbocycles. The fraction of sp³-hybridized carbons (Fsp3) is 1.00. The van der Waals surface area contributed by atoms with Crippen LogP contribution in [0.4, 0.5) is 0 Å². The molecule has 14 heavy (non-hydrogen) atoms. The molecule has 0 rings (SSSR count). The Morgan fingerprint density at radius 3 is 2.14 bits per heavy atom. The van der Waals surface area contributed by atoms with Crippen molar-refractivity contribution in [2.75, 3.05) is 25.6 Å². The smallest absolute Gasteiger partial charge is 0.0599 e. The number of alkyl halides is 1. The topological polar surface area (TPSA) is 21.3 Å². The second kappa shape index (κ2) is 5.94. The Morgan fingerprint density at radius 2 is 1.71 bits per heavy atom. The molecule has 0 unspecified atom stereocenters. The summed E-state index contributed by atoms with van der Waals surface area (Å²) < 4.78 is 5.58. The molecule has 0 bridgehead atoms. The summed E-state index contributed by atoms with van der Waals surface area (Å²) in [6.07, 6.45) is 0. The van der Waals surface area contributed by atoms with E-state index >= 15 is 0 Å². The van der Waals surface area contributed by atoms with Gasteiger partial charge in [-0.3, -0.25) is 0 Å². The highest BCUT2D eigenvalue weighted by atomic mass is 35.5. The molecular weight excluding hydrogens is 198 g/mol. The predicted molar refractivity (Wildman–Crippen MR) is 63.1 cm³/mol. The van der Waals surface area contributed by atoms with Crippen molar-refractivity contribution in [3.63, 3.8) is 0 Å². The molecule has 3 heteroatoms. The first-order valence-electron chi connectivity index (χ1n) is 5.17. The fourth-order valence-electron chi connectivity index (χ4n) is 0.903. The lowest BCUT2D eigenvalue weighted by Gasteiger charge is -2.23. The molecule has 0 aromatic carbocycles. The summed E-state index contributed by atoms with van der Waals surface area (Å²) in [5, 5.41) is 3.34. The molecule has 0 heterocycles. The van der Waals surface area contributed by atoms with Gasteiger partial charge in [0.2, 0.25) is 0 Å². The molecule has 0 aromatic rings. The highest BCUT2D eigenvalue weighted by Crippen LogP contribution is 2.14. The molecule has 0 saturated carbocycles. The van der Waals surface area contributed by atoms with Crippen molar-refractivity contribution in [2.45, 2.75) is 40.2 Å². The standard InChI is InChI=1S/C11H24ClNO/c1-10(2,3)14-7-6-13-9-11(4,5)8-12/h13H,6-9H2,1-5H3. The van der Waals surface area contributed by atoms with Gasteiger partial charge in [0.1, 0.15) is 0 Å². The number of nitrogens with one attached hydrogen (secondary N) is 1. The molecule has 0 atom stereocenters. The maximum Gasteiger partial charge on any atom is 0.0599 e. The third kappa shape index (κ3) is 8.79. The van der Waals surface area contributed by atoms with Crippen molar-refractivity contribution in [3.05, 3.63) is 0 Å². The summed E-state index contributed by atoms with van der Waals surface area (Å²) in [5.41, 5.74) is 0.132. The van der Waals surface area contributed by atoms with Gasteiger partial charge in [-0.15, -0.1) is 11.6 Å². The van der Waals surface area contributed by atoms with Crippen molar-refractivity contribution in [2.24, 2.45) is 5.41 Å². The van der Waals surface area contributed by atoms with E-state index < -0.39 is 0 Å². The Hall–Kier alpha value is 0.210. The molecule has 0 radical (unpaired) electrons. The number of hydrogen-bond donors (Lipinski definition) is 1. The quantitative estimate of drug-likeness (QED) is 0.550. The van der Waals surface area contributed by atoms with Crippen LogP contribution in [0.3, 0.4) is 0 Å². The molecule has 2 nitrogen and oxygen atoms in total. The van der Waals surface area contributed by atoms with E-state index in [9.17, 15) is 0 Å². The van der Waals surface area contributed by atoms with Crippen LogP contribution >= 0.6 is 11.6 Å². The third-order valence-corrected chi connectivity index (χ3v) is 2.50. The zero-order chi connectivity index (χ0) is 11.2. The molecule has 1 N–H and O–H groups in total. The first kappa shape index (κ1) is 14.2. The summed E-state index contributed by atoms with van der Waals surface area (Å²) in [6, 6.07) is 0. The highest BCUT2D eigenvalue weighted by molar-refractivity contribution is 6.18. The minimum atomic E-state index is -0.0380. The van der Waals surface area contributed by atoms with Crippen molar-refractivity contribution in [1.29, 1.82) is 0 Å². The minimum Gasteiger partial charge on any atom is -0.375 e. The molecule has 0 aromatic heterocycles. The van der Waals surface area contributed by atoms with Crippen LogP contribution in [-0.2, 0) is 4.74 Å². The molecule has 0 spiro atoms. The first-order valence-corrected chi connectivity index (χ1v) is 5.71. The van der Waals surface area contributed by atoms with Gasteiger partial charge >= 0.3 is 0 Å². The average molecular weight is 222 g/mol. The zero-order valence-electron chi connectivity index (χ0n) is 10.1. The Labute approximate surface area is 93.4 Å². The SMILES string of the molecule is CC(C)(CCl)CNCCOC(C)(C)C. The van der Waals surface area contributed by atoms with Gasteiger partial charge in [-0.05, 0) is 26.2 Å². The van der Waals surface area contributed by atoms with E-state index in [1.165, 1.54) is 0 Å². The van der Waals surface area contributed by atoms with Crippen molar-refractivity contribution in [3.8, 4) is 0 Å². The monoisotopic (exact) mass is 221 g/mol. The normalized spacial score (nSPS) is 13.3. The molecule has 0 amide bonds. The van der Waals surface area contributed by atoms with E-state index in [0.717, 1.165) is 19.7 Å². The molecule has 0 fully saturated rings. The van der Waals surface area contributed by atoms with E-state index in [1.54, 1.807) is 0 Å². The van der Waals surface area contributed by atoms with Crippen molar-refractivity contribution in [1.82, 2.24) is 5.32 Å². The Balaban J connectivity index is 3.39. The van der Waals surface area contributed by atoms with Gasteiger partial charge in [0, 0.05) is 19.0 Å². The lowest BCUT2D eigenvalue weighted by atomic mass is 9.97. The van der Waals surface area contributed by atoms with Crippen molar-refractivity contribution < 1.29 is 4.74 Å². The molecule has 0 saturated heterocycles. The van der Waals surface area contributed by atoms with Gasteiger partial charge < -0.3 is 10.1 Å². The first-order chi connectivity index (χ1) is 6.27. The number of halogens is 1. The van der Waals surface area contributed by atoms with E-state index in [-0.39, 0.29) is 11.0 Å². The summed E-state index contributed by atoms with van der Waals surface area (Å²) >= 11 is 5.81. The van der Waals surface area contributed by atoms with Gasteiger partial charge in [-0.1, -0.05) is 13.8 Å². The van der Waals surface area contributed by atoms with E-state index in [1.807, 2.05) is 0 Å². The van der Waals surface area contributed by atoms with Gasteiger partial charge in [-0.25, -0.2) is 0 Å². The second-order valence-electron chi connectivity index (χ2n) is 5.44. The number of hydrogen-bond acceptors (Lipinski definition) is 2. The Bertz CT molecular complexity index is 152. The second-order valence-corrected chi connectivity index (χ2v) is 5.70. The van der Waals surface area contributed by atoms with Crippen LogP contribution in [0.15, 0.2) is 0 Å². The molecule has 0 aliphatic heterocycles. The number of rotatable bonds is 6. The molecule has 86 valence electrons. The van der Waals surface area contributed by atoms with Gasteiger partial charge in [-0.2, -0.15) is 0 Å². The third-order valence-electron chi connectivity index (χ3n) is 1.78. The van der Waals surface area contributed by atoms with Crippen LogP contribution < -0.4 is 5.32 Å². The zero-order valence-corrected chi connectivity index (χ0v) is 10.9. The van der Waals surface area contributed by atoms with Gasteiger partial charge in [0.05, 0.1) is 12.2 Å². The van der Waals surface area contributed by atoms with Crippen LogP contribution in [0.2, 0.25) is 0 Å².